The molecular weight excluding hydrogens is 299 g/mol. The third-order valence-corrected chi connectivity index (χ3v) is 3.93. The average Bonchev–Trinajstić information content (AvgIpc) is 2.40. The van der Waals surface area contributed by atoms with Gasteiger partial charge in [-0.25, -0.2) is 4.39 Å². The molecule has 0 saturated carbocycles. The maximum absolute atomic E-state index is 13.3. The molecule has 1 aromatic carbocycles. The lowest BCUT2D eigenvalue weighted by Crippen LogP contribution is -2.45. The van der Waals surface area contributed by atoms with E-state index in [0.717, 1.165) is 31.7 Å². The van der Waals surface area contributed by atoms with Crippen LogP contribution in [0.25, 0.3) is 0 Å². The van der Waals surface area contributed by atoms with Gasteiger partial charge in [-0.2, -0.15) is 0 Å². The molecule has 1 aliphatic rings. The summed E-state index contributed by atoms with van der Waals surface area (Å²) in [7, 11) is 0. The van der Waals surface area contributed by atoms with Crippen LogP contribution in [-0.4, -0.2) is 42.8 Å². The van der Waals surface area contributed by atoms with Crippen LogP contribution in [-0.2, 0) is 0 Å². The van der Waals surface area contributed by atoms with Crippen molar-refractivity contribution >= 4 is 15.9 Å². The number of piperazine rings is 1. The molecule has 3 nitrogen and oxygen atoms in total. The van der Waals surface area contributed by atoms with Crippen molar-refractivity contribution in [2.24, 2.45) is 0 Å². The summed E-state index contributed by atoms with van der Waals surface area (Å²) in [6.45, 7) is 3.98. The molecule has 0 bridgehead atoms. The minimum Gasteiger partial charge on any atom is -0.396 e. The van der Waals surface area contributed by atoms with E-state index in [1.54, 1.807) is 0 Å². The molecule has 0 amide bonds. The topological polar surface area (TPSA) is 35.5 Å². The van der Waals surface area contributed by atoms with Crippen LogP contribution in [0.15, 0.2) is 22.7 Å². The molecule has 0 aromatic heterocycles. The van der Waals surface area contributed by atoms with Crippen LogP contribution in [0, 0.1) is 5.82 Å². The van der Waals surface area contributed by atoms with Crippen LogP contribution in [0.2, 0.25) is 0 Å². The van der Waals surface area contributed by atoms with Gasteiger partial charge in [0, 0.05) is 38.8 Å². The smallest absolute Gasteiger partial charge is 0.137 e. The van der Waals surface area contributed by atoms with Gasteiger partial charge in [0.15, 0.2) is 0 Å². The second-order valence-corrected chi connectivity index (χ2v) is 5.34. The van der Waals surface area contributed by atoms with Crippen molar-refractivity contribution in [2.75, 3.05) is 32.8 Å². The molecule has 5 heteroatoms. The Kier molecular flexibility index (Phi) is 5.12. The first-order valence-corrected chi connectivity index (χ1v) is 7.02. The molecule has 1 heterocycles. The summed E-state index contributed by atoms with van der Waals surface area (Å²) in [6, 6.07) is 5.26. The Labute approximate surface area is 115 Å². The van der Waals surface area contributed by atoms with Gasteiger partial charge < -0.3 is 10.4 Å². The number of aliphatic hydroxyl groups is 1. The molecule has 0 unspecified atom stereocenters. The summed E-state index contributed by atoms with van der Waals surface area (Å²) in [5.41, 5.74) is 1.05. The van der Waals surface area contributed by atoms with Crippen LogP contribution in [0.4, 0.5) is 4.39 Å². The highest BCUT2D eigenvalue weighted by Crippen LogP contribution is 2.28. The SMILES string of the molecule is OCC[C@@H](c1ccc(F)c(Br)c1)N1CCNCC1. The summed E-state index contributed by atoms with van der Waals surface area (Å²) in [4.78, 5) is 2.34. The summed E-state index contributed by atoms with van der Waals surface area (Å²) in [5.74, 6) is -0.248. The molecular formula is C13H18BrFN2O. The van der Waals surface area contributed by atoms with E-state index in [9.17, 15) is 9.50 Å². The van der Waals surface area contributed by atoms with Crippen molar-refractivity contribution < 1.29 is 9.50 Å². The summed E-state index contributed by atoms with van der Waals surface area (Å²) in [5, 5.41) is 12.5. The standard InChI is InChI=1S/C13H18BrFN2O/c14-11-9-10(1-2-12(11)15)13(3-8-18)17-6-4-16-5-7-17/h1-2,9,13,16,18H,3-8H2/t13-/m0/s1. The van der Waals surface area contributed by atoms with Crippen molar-refractivity contribution in [3.8, 4) is 0 Å². The van der Waals surface area contributed by atoms with Crippen LogP contribution in [0.5, 0.6) is 0 Å². The number of benzene rings is 1. The van der Waals surface area contributed by atoms with Gasteiger partial charge in [-0.3, -0.25) is 4.90 Å². The molecule has 1 fully saturated rings. The molecule has 1 aromatic rings. The second-order valence-electron chi connectivity index (χ2n) is 4.49. The molecule has 2 rings (SSSR count). The number of aliphatic hydroxyl groups excluding tert-OH is 1. The van der Waals surface area contributed by atoms with Gasteiger partial charge in [0.2, 0.25) is 0 Å². The number of halogens is 2. The first-order valence-electron chi connectivity index (χ1n) is 6.23. The Hall–Kier alpha value is -0.490. The lowest BCUT2D eigenvalue weighted by molar-refractivity contribution is 0.141. The Balaban J connectivity index is 2.19. The number of nitrogens with zero attached hydrogens (tertiary/aromatic N) is 1. The molecule has 1 aliphatic heterocycles. The molecule has 1 saturated heterocycles. The Morgan fingerprint density at radius 3 is 2.72 bits per heavy atom. The van der Waals surface area contributed by atoms with Crippen LogP contribution < -0.4 is 5.32 Å². The second kappa shape index (κ2) is 6.61. The predicted octanol–water partition coefficient (Wildman–Crippen LogP) is 1.92. The van der Waals surface area contributed by atoms with Crippen LogP contribution >= 0.6 is 15.9 Å². The third-order valence-electron chi connectivity index (χ3n) is 3.32. The predicted molar refractivity (Wildman–Crippen MR) is 73.0 cm³/mol. The van der Waals surface area contributed by atoms with Crippen molar-refractivity contribution in [2.45, 2.75) is 12.5 Å². The van der Waals surface area contributed by atoms with Gasteiger partial charge in [-0.1, -0.05) is 6.07 Å². The molecule has 18 heavy (non-hydrogen) atoms. The summed E-state index contributed by atoms with van der Waals surface area (Å²) < 4.78 is 13.8. The zero-order chi connectivity index (χ0) is 13.0. The van der Waals surface area contributed by atoms with E-state index in [1.165, 1.54) is 6.07 Å². The normalized spacial score (nSPS) is 18.8. The van der Waals surface area contributed by atoms with E-state index in [2.05, 4.69) is 26.1 Å². The van der Waals surface area contributed by atoms with Gasteiger partial charge in [0.25, 0.3) is 0 Å². The average molecular weight is 317 g/mol. The van der Waals surface area contributed by atoms with Crippen molar-refractivity contribution in [1.82, 2.24) is 10.2 Å². The summed E-state index contributed by atoms with van der Waals surface area (Å²) >= 11 is 3.22. The molecule has 0 aliphatic carbocycles. The zero-order valence-corrected chi connectivity index (χ0v) is 11.8. The fourth-order valence-electron chi connectivity index (χ4n) is 2.40. The first kappa shape index (κ1) is 13.9. The Morgan fingerprint density at radius 1 is 1.39 bits per heavy atom. The van der Waals surface area contributed by atoms with Gasteiger partial charge in [-0.15, -0.1) is 0 Å². The maximum Gasteiger partial charge on any atom is 0.137 e. The van der Waals surface area contributed by atoms with Gasteiger partial charge in [0.1, 0.15) is 5.82 Å². The number of hydrogen-bond acceptors (Lipinski definition) is 3. The first-order chi connectivity index (χ1) is 8.72. The van der Waals surface area contributed by atoms with E-state index >= 15 is 0 Å². The summed E-state index contributed by atoms with van der Waals surface area (Å²) in [6.07, 6.45) is 0.679. The molecule has 0 radical (unpaired) electrons. The minimum atomic E-state index is -0.248. The van der Waals surface area contributed by atoms with Gasteiger partial charge in [0.05, 0.1) is 4.47 Å². The highest BCUT2D eigenvalue weighted by molar-refractivity contribution is 9.10. The van der Waals surface area contributed by atoms with E-state index < -0.39 is 0 Å². The Morgan fingerprint density at radius 2 is 2.11 bits per heavy atom. The van der Waals surface area contributed by atoms with Crippen LogP contribution in [0.1, 0.15) is 18.0 Å². The van der Waals surface area contributed by atoms with Crippen molar-refractivity contribution in [3.63, 3.8) is 0 Å². The van der Waals surface area contributed by atoms with Crippen molar-refractivity contribution in [3.05, 3.63) is 34.1 Å². The molecule has 100 valence electrons. The van der Waals surface area contributed by atoms with Gasteiger partial charge in [-0.05, 0) is 40.0 Å². The van der Waals surface area contributed by atoms with Crippen molar-refractivity contribution in [1.29, 1.82) is 0 Å². The Bertz CT molecular complexity index is 397. The fraction of sp³-hybridized carbons (Fsp3) is 0.538. The van der Waals surface area contributed by atoms with E-state index in [1.807, 2.05) is 12.1 Å². The molecule has 2 N–H and O–H groups in total. The fourth-order valence-corrected chi connectivity index (χ4v) is 2.79. The van der Waals surface area contributed by atoms with Gasteiger partial charge >= 0.3 is 0 Å². The number of hydrogen-bond donors (Lipinski definition) is 2. The molecule has 0 spiro atoms. The van der Waals surface area contributed by atoms with E-state index in [4.69, 9.17) is 0 Å². The quantitative estimate of drug-likeness (QED) is 0.891. The maximum atomic E-state index is 13.3. The number of rotatable bonds is 4. The largest absolute Gasteiger partial charge is 0.396 e. The highest BCUT2D eigenvalue weighted by Gasteiger charge is 2.22. The third kappa shape index (κ3) is 3.29. The highest BCUT2D eigenvalue weighted by atomic mass is 79.9. The lowest BCUT2D eigenvalue weighted by Gasteiger charge is -2.35. The van der Waals surface area contributed by atoms with Crippen LogP contribution in [0.3, 0.4) is 0 Å². The lowest BCUT2D eigenvalue weighted by atomic mass is 10.0. The van der Waals surface area contributed by atoms with E-state index in [0.29, 0.717) is 10.9 Å². The molecule has 1 atom stereocenters. The number of nitrogens with one attached hydrogen (secondary N) is 1. The monoisotopic (exact) mass is 316 g/mol. The zero-order valence-electron chi connectivity index (χ0n) is 10.2. The van der Waals surface area contributed by atoms with E-state index in [-0.39, 0.29) is 18.5 Å². The minimum absolute atomic E-state index is 0.142.